The van der Waals surface area contributed by atoms with Crippen molar-refractivity contribution in [2.24, 2.45) is 11.8 Å². The molecule has 0 spiro atoms. The molecule has 0 aliphatic heterocycles. The zero-order valence-electron chi connectivity index (χ0n) is 10.3. The second kappa shape index (κ2) is 4.53. The number of hydrogen-bond donors (Lipinski definition) is 1. The summed E-state index contributed by atoms with van der Waals surface area (Å²) in [4.78, 5) is 0. The average Bonchev–Trinajstić information content (AvgIpc) is 2.64. The second-order valence-electron chi connectivity index (χ2n) is 5.37. The van der Waals surface area contributed by atoms with Gasteiger partial charge in [0, 0.05) is 0 Å². The number of aliphatic hydroxyl groups is 1. The topological polar surface area (TPSA) is 50.9 Å². The third kappa shape index (κ3) is 2.43. The van der Waals surface area contributed by atoms with Gasteiger partial charge < -0.3 is 5.11 Å². The van der Waals surface area contributed by atoms with Gasteiger partial charge in [-0.1, -0.05) is 19.1 Å². The highest BCUT2D eigenvalue weighted by molar-refractivity contribution is 4.97. The molecule has 1 saturated carbocycles. The first-order valence-corrected chi connectivity index (χ1v) is 6.16. The van der Waals surface area contributed by atoms with Crippen LogP contribution in [0.15, 0.2) is 6.20 Å². The van der Waals surface area contributed by atoms with Crippen molar-refractivity contribution in [2.75, 3.05) is 0 Å². The Balaban J connectivity index is 2.10. The van der Waals surface area contributed by atoms with Gasteiger partial charge in [-0.25, -0.2) is 4.68 Å². The van der Waals surface area contributed by atoms with Crippen molar-refractivity contribution >= 4 is 0 Å². The molecule has 0 aromatic carbocycles. The first-order valence-electron chi connectivity index (χ1n) is 6.16. The molecule has 1 aromatic rings. The predicted octanol–water partition coefficient (Wildman–Crippen LogP) is 2.33. The van der Waals surface area contributed by atoms with E-state index in [0.29, 0.717) is 11.7 Å². The van der Waals surface area contributed by atoms with Gasteiger partial charge >= 0.3 is 0 Å². The fourth-order valence-electron chi connectivity index (χ4n) is 2.78. The van der Waals surface area contributed by atoms with Gasteiger partial charge in [0.25, 0.3) is 0 Å². The van der Waals surface area contributed by atoms with E-state index in [-0.39, 0.29) is 0 Å². The number of aliphatic hydroxyl groups excluding tert-OH is 1. The Bertz CT molecular complexity index is 338. The molecule has 1 heterocycles. The third-order valence-electron chi connectivity index (χ3n) is 3.48. The van der Waals surface area contributed by atoms with Gasteiger partial charge in [0.05, 0.1) is 18.3 Å². The second-order valence-corrected chi connectivity index (χ2v) is 5.37. The lowest BCUT2D eigenvalue weighted by atomic mass is 9.80. The smallest absolute Gasteiger partial charge is 0.111 e. The molecule has 0 radical (unpaired) electrons. The van der Waals surface area contributed by atoms with Gasteiger partial charge in [-0.05, 0) is 38.0 Å². The Morgan fingerprint density at radius 1 is 1.31 bits per heavy atom. The molecule has 16 heavy (non-hydrogen) atoms. The molecule has 0 amide bonds. The molecule has 1 aliphatic carbocycles. The van der Waals surface area contributed by atoms with Crippen LogP contribution in [0.2, 0.25) is 0 Å². The summed E-state index contributed by atoms with van der Waals surface area (Å²) in [5.41, 5.74) is 0.672. The third-order valence-corrected chi connectivity index (χ3v) is 3.48. The Morgan fingerprint density at radius 2 is 1.94 bits per heavy atom. The maximum absolute atomic E-state index is 9.42. The molecule has 3 unspecified atom stereocenters. The SMILES string of the molecule is CC1CC(C)CC(n2cc(C(C)O)nn2)C1. The summed E-state index contributed by atoms with van der Waals surface area (Å²) in [7, 11) is 0. The summed E-state index contributed by atoms with van der Waals surface area (Å²) in [5, 5.41) is 17.6. The van der Waals surface area contributed by atoms with E-state index in [1.54, 1.807) is 6.92 Å². The average molecular weight is 223 g/mol. The van der Waals surface area contributed by atoms with Crippen LogP contribution in [-0.4, -0.2) is 20.1 Å². The number of aromatic nitrogens is 3. The highest BCUT2D eigenvalue weighted by Gasteiger charge is 2.26. The van der Waals surface area contributed by atoms with Crippen molar-refractivity contribution < 1.29 is 5.11 Å². The van der Waals surface area contributed by atoms with Crippen LogP contribution in [0.4, 0.5) is 0 Å². The predicted molar refractivity (Wildman–Crippen MR) is 61.9 cm³/mol. The van der Waals surface area contributed by atoms with Crippen molar-refractivity contribution in [3.05, 3.63) is 11.9 Å². The van der Waals surface area contributed by atoms with Crippen molar-refractivity contribution in [2.45, 2.75) is 52.2 Å². The minimum atomic E-state index is -0.521. The summed E-state index contributed by atoms with van der Waals surface area (Å²) < 4.78 is 1.94. The monoisotopic (exact) mass is 223 g/mol. The van der Waals surface area contributed by atoms with Crippen LogP contribution in [0.5, 0.6) is 0 Å². The molecular formula is C12H21N3O. The maximum atomic E-state index is 9.42. The molecule has 4 nitrogen and oxygen atoms in total. The Morgan fingerprint density at radius 3 is 2.44 bits per heavy atom. The van der Waals surface area contributed by atoms with E-state index in [1.807, 2.05) is 10.9 Å². The zero-order valence-corrected chi connectivity index (χ0v) is 10.3. The molecule has 1 fully saturated rings. The number of rotatable bonds is 2. The van der Waals surface area contributed by atoms with Crippen LogP contribution in [0.1, 0.15) is 57.9 Å². The lowest BCUT2D eigenvalue weighted by molar-refractivity contribution is 0.193. The van der Waals surface area contributed by atoms with Crippen LogP contribution in [0, 0.1) is 11.8 Å². The van der Waals surface area contributed by atoms with Crippen molar-refractivity contribution in [1.29, 1.82) is 0 Å². The van der Waals surface area contributed by atoms with Gasteiger partial charge in [0.1, 0.15) is 5.69 Å². The molecule has 1 N–H and O–H groups in total. The van der Waals surface area contributed by atoms with Gasteiger partial charge in [0.2, 0.25) is 0 Å². The minimum Gasteiger partial charge on any atom is -0.387 e. The quantitative estimate of drug-likeness (QED) is 0.837. The Labute approximate surface area is 96.7 Å². The van der Waals surface area contributed by atoms with Crippen molar-refractivity contribution in [3.8, 4) is 0 Å². The highest BCUT2D eigenvalue weighted by Crippen LogP contribution is 2.35. The molecular weight excluding hydrogens is 202 g/mol. The summed E-state index contributed by atoms with van der Waals surface area (Å²) in [6, 6.07) is 0.457. The van der Waals surface area contributed by atoms with Crippen LogP contribution >= 0.6 is 0 Å². The van der Waals surface area contributed by atoms with E-state index >= 15 is 0 Å². The lowest BCUT2D eigenvalue weighted by Gasteiger charge is -2.31. The minimum absolute atomic E-state index is 0.457. The molecule has 2 rings (SSSR count). The Kier molecular flexibility index (Phi) is 3.28. The molecule has 4 heteroatoms. The maximum Gasteiger partial charge on any atom is 0.111 e. The van der Waals surface area contributed by atoms with Crippen LogP contribution in [-0.2, 0) is 0 Å². The number of hydrogen-bond acceptors (Lipinski definition) is 3. The summed E-state index contributed by atoms with van der Waals surface area (Å²) in [6.45, 7) is 6.32. The standard InChI is InChI=1S/C12H21N3O/c1-8-4-9(2)6-11(5-8)15-7-12(10(3)16)13-14-15/h7-11,16H,4-6H2,1-3H3. The zero-order chi connectivity index (χ0) is 11.7. The Hall–Kier alpha value is -0.900. The summed E-state index contributed by atoms with van der Waals surface area (Å²) >= 11 is 0. The first kappa shape index (κ1) is 11.6. The fourth-order valence-corrected chi connectivity index (χ4v) is 2.78. The molecule has 0 bridgehead atoms. The van der Waals surface area contributed by atoms with Gasteiger partial charge in [0.15, 0.2) is 0 Å². The van der Waals surface area contributed by atoms with E-state index in [1.165, 1.54) is 19.3 Å². The number of nitrogens with zero attached hydrogens (tertiary/aromatic N) is 3. The van der Waals surface area contributed by atoms with E-state index in [2.05, 4.69) is 24.2 Å². The van der Waals surface area contributed by atoms with E-state index in [9.17, 15) is 5.11 Å². The van der Waals surface area contributed by atoms with Crippen molar-refractivity contribution in [1.82, 2.24) is 15.0 Å². The van der Waals surface area contributed by atoms with Crippen LogP contribution < -0.4 is 0 Å². The largest absolute Gasteiger partial charge is 0.387 e. The summed E-state index contributed by atoms with van der Waals surface area (Å²) in [6.07, 6.45) is 5.03. The fraction of sp³-hybridized carbons (Fsp3) is 0.833. The van der Waals surface area contributed by atoms with Gasteiger partial charge in [-0.2, -0.15) is 0 Å². The molecule has 90 valence electrons. The lowest BCUT2D eigenvalue weighted by Crippen LogP contribution is -2.23. The van der Waals surface area contributed by atoms with E-state index in [4.69, 9.17) is 0 Å². The molecule has 1 aliphatic rings. The highest BCUT2D eigenvalue weighted by atomic mass is 16.3. The van der Waals surface area contributed by atoms with E-state index < -0.39 is 6.10 Å². The first-order chi connectivity index (χ1) is 7.56. The molecule has 3 atom stereocenters. The van der Waals surface area contributed by atoms with Crippen LogP contribution in [0.25, 0.3) is 0 Å². The van der Waals surface area contributed by atoms with Crippen molar-refractivity contribution in [3.63, 3.8) is 0 Å². The molecule has 1 aromatic heterocycles. The van der Waals surface area contributed by atoms with Crippen LogP contribution in [0.3, 0.4) is 0 Å². The summed E-state index contributed by atoms with van der Waals surface area (Å²) in [5.74, 6) is 1.51. The van der Waals surface area contributed by atoms with Gasteiger partial charge in [-0.15, -0.1) is 5.10 Å². The molecule has 0 saturated heterocycles. The normalized spacial score (nSPS) is 32.6. The van der Waals surface area contributed by atoms with Gasteiger partial charge in [-0.3, -0.25) is 0 Å². The van der Waals surface area contributed by atoms with E-state index in [0.717, 1.165) is 11.8 Å².